The lowest BCUT2D eigenvalue weighted by Crippen LogP contribution is -2.28. The smallest absolute Gasteiger partial charge is 0.269 e. The molecule has 1 amide bonds. The van der Waals surface area contributed by atoms with Gasteiger partial charge in [0.25, 0.3) is 5.69 Å². The summed E-state index contributed by atoms with van der Waals surface area (Å²) in [5, 5.41) is 21.3. The Morgan fingerprint density at radius 2 is 1.49 bits per heavy atom. The molecule has 0 radical (unpaired) electrons. The summed E-state index contributed by atoms with van der Waals surface area (Å²) in [6, 6.07) is 13.4. The van der Waals surface area contributed by atoms with E-state index < -0.39 is 4.92 Å². The van der Waals surface area contributed by atoms with Crippen LogP contribution < -0.4 is 21.0 Å². The van der Waals surface area contributed by atoms with Gasteiger partial charge in [-0.1, -0.05) is 38.8 Å². The van der Waals surface area contributed by atoms with Crippen molar-refractivity contribution < 1.29 is 9.72 Å². The summed E-state index contributed by atoms with van der Waals surface area (Å²) in [5.41, 5.74) is 5.82. The second kappa shape index (κ2) is 14.4. The minimum absolute atomic E-state index is 0.000493. The topological polar surface area (TPSA) is 151 Å². The van der Waals surface area contributed by atoms with Gasteiger partial charge in [0.1, 0.15) is 0 Å². The fourth-order valence-electron chi connectivity index (χ4n) is 3.61. The second-order valence-corrected chi connectivity index (χ2v) is 8.97. The molecule has 3 N–H and O–H groups in total. The quantitative estimate of drug-likeness (QED) is 0.134. The first kappa shape index (κ1) is 29.0. The van der Waals surface area contributed by atoms with Gasteiger partial charge in [0, 0.05) is 43.5 Å². The number of hydrogen-bond acceptors (Lipinski definition) is 10. The fourth-order valence-corrected chi connectivity index (χ4v) is 3.61. The summed E-state index contributed by atoms with van der Waals surface area (Å²) < 4.78 is 0. The SMILES string of the molecule is CCCCN(CCCC)c1nc(N/N=C(\C)c2ccc(NC(C)=O)cc2)nc(Nc2ccc([N+](=O)[O-])cc2)n1. The zero-order valence-electron chi connectivity index (χ0n) is 22.8. The van der Waals surface area contributed by atoms with E-state index in [-0.39, 0.29) is 17.5 Å². The first-order chi connectivity index (χ1) is 18.8. The van der Waals surface area contributed by atoms with Crippen LogP contribution in [0.5, 0.6) is 0 Å². The highest BCUT2D eigenvalue weighted by Gasteiger charge is 2.14. The summed E-state index contributed by atoms with van der Waals surface area (Å²) in [5.74, 6) is 0.940. The molecular formula is C27H35N9O3. The Hall–Kier alpha value is -4.61. The number of unbranched alkanes of at least 4 members (excludes halogenated alkanes) is 2. The maximum atomic E-state index is 11.3. The molecule has 12 heteroatoms. The molecule has 3 rings (SSSR count). The van der Waals surface area contributed by atoms with Crippen molar-refractivity contribution in [3.05, 3.63) is 64.2 Å². The summed E-state index contributed by atoms with van der Waals surface area (Å²) in [7, 11) is 0. The molecule has 1 aromatic heterocycles. The van der Waals surface area contributed by atoms with Crippen LogP contribution in [0.2, 0.25) is 0 Å². The Morgan fingerprint density at radius 1 is 0.897 bits per heavy atom. The average Bonchev–Trinajstić information content (AvgIpc) is 2.92. The van der Waals surface area contributed by atoms with Crippen molar-refractivity contribution in [3.8, 4) is 0 Å². The number of carbonyl (C=O) groups is 1. The molecule has 12 nitrogen and oxygen atoms in total. The molecule has 0 fully saturated rings. The molecular weight excluding hydrogens is 498 g/mol. The van der Waals surface area contributed by atoms with E-state index in [0.29, 0.717) is 29.0 Å². The standard InChI is InChI=1S/C27H35N9O3/c1-5-7-17-35(18-8-6-2)27-31-25(29-23-13-15-24(16-14-23)36(38)39)30-26(32-27)34-33-19(3)21-9-11-22(12-10-21)28-20(4)37/h9-16H,5-8,17-18H2,1-4H3,(H,28,37)(H2,29,30,31,32,34)/b33-19+. The van der Waals surface area contributed by atoms with Gasteiger partial charge in [-0.25, -0.2) is 5.43 Å². The monoisotopic (exact) mass is 533 g/mol. The van der Waals surface area contributed by atoms with Crippen LogP contribution in [0.1, 0.15) is 58.9 Å². The molecule has 0 bridgehead atoms. The lowest BCUT2D eigenvalue weighted by Gasteiger charge is -2.23. The van der Waals surface area contributed by atoms with Crippen molar-refractivity contribution in [2.75, 3.05) is 34.0 Å². The number of aromatic nitrogens is 3. The third-order valence-electron chi connectivity index (χ3n) is 5.75. The zero-order chi connectivity index (χ0) is 28.2. The highest BCUT2D eigenvalue weighted by molar-refractivity contribution is 5.99. The number of rotatable bonds is 14. The number of hydrazone groups is 1. The molecule has 0 aliphatic heterocycles. The number of carbonyl (C=O) groups excluding carboxylic acids is 1. The number of hydrogen-bond donors (Lipinski definition) is 3. The summed E-state index contributed by atoms with van der Waals surface area (Å²) >= 11 is 0. The zero-order valence-corrected chi connectivity index (χ0v) is 22.8. The average molecular weight is 534 g/mol. The number of nitrogens with zero attached hydrogens (tertiary/aromatic N) is 6. The van der Waals surface area contributed by atoms with Gasteiger partial charge in [-0.2, -0.15) is 20.1 Å². The molecule has 2 aromatic carbocycles. The fraction of sp³-hybridized carbons (Fsp3) is 0.370. The van der Waals surface area contributed by atoms with Crippen LogP contribution in [-0.2, 0) is 4.79 Å². The molecule has 1 heterocycles. The van der Waals surface area contributed by atoms with Crippen LogP contribution in [-0.4, -0.2) is 44.6 Å². The van der Waals surface area contributed by atoms with E-state index in [1.54, 1.807) is 12.1 Å². The van der Waals surface area contributed by atoms with Crippen LogP contribution >= 0.6 is 0 Å². The van der Waals surface area contributed by atoms with Crippen molar-refractivity contribution in [1.29, 1.82) is 0 Å². The normalized spacial score (nSPS) is 11.1. The van der Waals surface area contributed by atoms with Crippen molar-refractivity contribution in [2.24, 2.45) is 5.10 Å². The van der Waals surface area contributed by atoms with E-state index >= 15 is 0 Å². The predicted molar refractivity (Wildman–Crippen MR) is 155 cm³/mol. The molecule has 0 atom stereocenters. The van der Waals surface area contributed by atoms with Crippen molar-refractivity contribution >= 4 is 46.5 Å². The lowest BCUT2D eigenvalue weighted by atomic mass is 10.1. The van der Waals surface area contributed by atoms with Gasteiger partial charge >= 0.3 is 0 Å². The molecule has 3 aromatic rings. The van der Waals surface area contributed by atoms with Gasteiger partial charge in [-0.3, -0.25) is 14.9 Å². The van der Waals surface area contributed by atoms with Crippen molar-refractivity contribution in [2.45, 2.75) is 53.4 Å². The summed E-state index contributed by atoms with van der Waals surface area (Å²) in [6.07, 6.45) is 4.07. The van der Waals surface area contributed by atoms with E-state index in [4.69, 9.17) is 0 Å². The molecule has 206 valence electrons. The highest BCUT2D eigenvalue weighted by Crippen LogP contribution is 2.21. The number of nitrogens with one attached hydrogen (secondary N) is 3. The lowest BCUT2D eigenvalue weighted by molar-refractivity contribution is -0.384. The van der Waals surface area contributed by atoms with Gasteiger partial charge < -0.3 is 15.5 Å². The Labute approximate surface area is 228 Å². The van der Waals surface area contributed by atoms with Gasteiger partial charge in [0.15, 0.2) is 0 Å². The van der Waals surface area contributed by atoms with E-state index in [2.05, 4.69) is 54.9 Å². The largest absolute Gasteiger partial charge is 0.341 e. The Bertz CT molecular complexity index is 1270. The van der Waals surface area contributed by atoms with Crippen LogP contribution in [0.4, 0.5) is 34.9 Å². The number of amides is 1. The van der Waals surface area contributed by atoms with Crippen LogP contribution in [0.25, 0.3) is 0 Å². The number of nitro benzene ring substituents is 1. The minimum Gasteiger partial charge on any atom is -0.341 e. The Balaban J connectivity index is 1.89. The van der Waals surface area contributed by atoms with Crippen molar-refractivity contribution in [1.82, 2.24) is 15.0 Å². The molecule has 0 aliphatic rings. The van der Waals surface area contributed by atoms with Crippen LogP contribution in [0.15, 0.2) is 53.6 Å². The molecule has 0 saturated heterocycles. The second-order valence-electron chi connectivity index (χ2n) is 8.97. The first-order valence-corrected chi connectivity index (χ1v) is 13.0. The Kier molecular flexibility index (Phi) is 10.7. The van der Waals surface area contributed by atoms with E-state index in [9.17, 15) is 14.9 Å². The minimum atomic E-state index is -0.445. The molecule has 0 aliphatic carbocycles. The number of nitro groups is 1. The molecule has 0 unspecified atom stereocenters. The van der Waals surface area contributed by atoms with Crippen LogP contribution in [0.3, 0.4) is 0 Å². The van der Waals surface area contributed by atoms with E-state index in [0.717, 1.165) is 44.3 Å². The molecule has 0 spiro atoms. The number of non-ortho nitro benzene ring substituents is 1. The first-order valence-electron chi connectivity index (χ1n) is 13.0. The summed E-state index contributed by atoms with van der Waals surface area (Å²) in [4.78, 5) is 37.7. The van der Waals surface area contributed by atoms with E-state index in [1.165, 1.54) is 19.1 Å². The maximum Gasteiger partial charge on any atom is 0.269 e. The third kappa shape index (κ3) is 9.02. The summed E-state index contributed by atoms with van der Waals surface area (Å²) in [6.45, 7) is 9.21. The third-order valence-corrected chi connectivity index (χ3v) is 5.75. The van der Waals surface area contributed by atoms with Crippen LogP contribution in [0, 0.1) is 10.1 Å². The number of anilines is 5. The van der Waals surface area contributed by atoms with E-state index in [1.807, 2.05) is 31.2 Å². The van der Waals surface area contributed by atoms with Gasteiger partial charge in [-0.05, 0) is 49.6 Å². The predicted octanol–water partition coefficient (Wildman–Crippen LogP) is 5.72. The molecule has 0 saturated carbocycles. The number of benzene rings is 2. The van der Waals surface area contributed by atoms with Gasteiger partial charge in [-0.15, -0.1) is 0 Å². The van der Waals surface area contributed by atoms with Gasteiger partial charge in [0.05, 0.1) is 10.6 Å². The highest BCUT2D eigenvalue weighted by atomic mass is 16.6. The Morgan fingerprint density at radius 3 is 2.05 bits per heavy atom. The van der Waals surface area contributed by atoms with Gasteiger partial charge in [0.2, 0.25) is 23.8 Å². The molecule has 39 heavy (non-hydrogen) atoms. The van der Waals surface area contributed by atoms with Crippen molar-refractivity contribution in [3.63, 3.8) is 0 Å². The maximum absolute atomic E-state index is 11.3.